The van der Waals surface area contributed by atoms with Crippen LogP contribution in [-0.4, -0.2) is 35.6 Å². The maximum atomic E-state index is 12.7. The van der Waals surface area contributed by atoms with Gasteiger partial charge in [0.15, 0.2) is 0 Å². The molecule has 0 aliphatic carbocycles. The second kappa shape index (κ2) is 5.55. The van der Waals surface area contributed by atoms with Crippen molar-refractivity contribution >= 4 is 17.5 Å². The Morgan fingerprint density at radius 3 is 2.74 bits per heavy atom. The van der Waals surface area contributed by atoms with Gasteiger partial charge < -0.3 is 4.74 Å². The molecule has 0 aromatic heterocycles. The van der Waals surface area contributed by atoms with E-state index in [4.69, 9.17) is 16.3 Å². The normalized spacial score (nSPS) is 22.6. The number of fused-ring (bicyclic) bond motifs is 3. The van der Waals surface area contributed by atoms with Crippen molar-refractivity contribution in [2.75, 3.05) is 13.7 Å². The molecule has 0 bridgehead atoms. The number of carbonyl (C=O) groups excluding carboxylic acids is 1. The van der Waals surface area contributed by atoms with Crippen LogP contribution < -0.4 is 4.74 Å². The second-order valence-corrected chi connectivity index (χ2v) is 6.41. The Balaban J connectivity index is 1.51. The number of nitrogens with zero attached hydrogens (tertiary/aromatic N) is 2. The Labute approximate surface area is 140 Å². The molecule has 1 saturated heterocycles. The SMILES string of the molecule is CN1C2c3ccccc3OCC2N1C(=O)Cc1ccc(Cl)cc1. The summed E-state index contributed by atoms with van der Waals surface area (Å²) in [6, 6.07) is 15.7. The van der Waals surface area contributed by atoms with Crippen LogP contribution in [0.25, 0.3) is 0 Å². The van der Waals surface area contributed by atoms with Crippen LogP contribution in [0.1, 0.15) is 17.2 Å². The van der Waals surface area contributed by atoms with Gasteiger partial charge in [-0.05, 0) is 23.8 Å². The fourth-order valence-corrected chi connectivity index (χ4v) is 3.63. The molecule has 2 heterocycles. The van der Waals surface area contributed by atoms with E-state index in [2.05, 4.69) is 6.07 Å². The minimum absolute atomic E-state index is 0.0784. The summed E-state index contributed by atoms with van der Waals surface area (Å²) in [7, 11) is 1.96. The average Bonchev–Trinajstić information content (AvgIpc) is 2.55. The minimum atomic E-state index is 0.0784. The Morgan fingerprint density at radius 2 is 1.96 bits per heavy atom. The molecule has 118 valence electrons. The van der Waals surface area contributed by atoms with E-state index in [0.717, 1.165) is 16.9 Å². The highest BCUT2D eigenvalue weighted by atomic mass is 35.5. The number of benzene rings is 2. The summed E-state index contributed by atoms with van der Waals surface area (Å²) in [5.41, 5.74) is 2.12. The molecule has 0 N–H and O–H groups in total. The van der Waals surface area contributed by atoms with Crippen molar-refractivity contribution in [3.63, 3.8) is 0 Å². The zero-order chi connectivity index (χ0) is 16.0. The molecule has 5 heteroatoms. The molecular weight excluding hydrogens is 312 g/mol. The number of hydrazine groups is 1. The smallest absolute Gasteiger partial charge is 0.241 e. The summed E-state index contributed by atoms with van der Waals surface area (Å²) >= 11 is 5.89. The fraction of sp³-hybridized carbons (Fsp3) is 0.278. The third-order valence-electron chi connectivity index (χ3n) is 4.59. The van der Waals surface area contributed by atoms with Crippen molar-refractivity contribution < 1.29 is 9.53 Å². The van der Waals surface area contributed by atoms with Crippen LogP contribution in [0.2, 0.25) is 5.02 Å². The Morgan fingerprint density at radius 1 is 1.22 bits per heavy atom. The van der Waals surface area contributed by atoms with Crippen molar-refractivity contribution in [1.29, 1.82) is 0 Å². The Hall–Kier alpha value is -2.04. The molecule has 2 aromatic carbocycles. The number of para-hydroxylation sites is 1. The highest BCUT2D eigenvalue weighted by molar-refractivity contribution is 6.30. The van der Waals surface area contributed by atoms with E-state index in [9.17, 15) is 4.79 Å². The summed E-state index contributed by atoms with van der Waals surface area (Å²) in [4.78, 5) is 12.7. The number of hydrogen-bond acceptors (Lipinski definition) is 3. The molecule has 4 nitrogen and oxygen atoms in total. The molecule has 0 spiro atoms. The number of rotatable bonds is 2. The van der Waals surface area contributed by atoms with Crippen molar-refractivity contribution in [3.8, 4) is 5.75 Å². The van der Waals surface area contributed by atoms with Gasteiger partial charge in [0.25, 0.3) is 0 Å². The molecule has 4 rings (SSSR count). The first-order chi connectivity index (χ1) is 11.1. The molecule has 1 amide bonds. The highest BCUT2D eigenvalue weighted by Gasteiger charge is 2.51. The van der Waals surface area contributed by atoms with Crippen LogP contribution in [0.4, 0.5) is 0 Å². The van der Waals surface area contributed by atoms with E-state index >= 15 is 0 Å². The van der Waals surface area contributed by atoms with Crippen LogP contribution in [0, 0.1) is 0 Å². The quantitative estimate of drug-likeness (QED) is 0.849. The summed E-state index contributed by atoms with van der Waals surface area (Å²) in [6.07, 6.45) is 0.367. The van der Waals surface area contributed by atoms with Gasteiger partial charge in [0.2, 0.25) is 5.91 Å². The first kappa shape index (κ1) is 14.5. The van der Waals surface area contributed by atoms with Crippen molar-refractivity contribution in [2.45, 2.75) is 18.5 Å². The van der Waals surface area contributed by atoms with E-state index < -0.39 is 0 Å². The number of carbonyl (C=O) groups is 1. The van der Waals surface area contributed by atoms with Gasteiger partial charge in [-0.15, -0.1) is 0 Å². The van der Waals surface area contributed by atoms with Gasteiger partial charge in [-0.25, -0.2) is 5.01 Å². The maximum Gasteiger partial charge on any atom is 0.241 e. The van der Waals surface area contributed by atoms with Crippen LogP contribution in [0.3, 0.4) is 0 Å². The fourth-order valence-electron chi connectivity index (χ4n) is 3.50. The van der Waals surface area contributed by atoms with Gasteiger partial charge in [-0.1, -0.05) is 41.9 Å². The lowest BCUT2D eigenvalue weighted by atomic mass is 9.90. The zero-order valence-electron chi connectivity index (χ0n) is 12.8. The largest absolute Gasteiger partial charge is 0.491 e. The third-order valence-corrected chi connectivity index (χ3v) is 4.84. The van der Waals surface area contributed by atoms with Gasteiger partial charge in [-0.2, -0.15) is 0 Å². The minimum Gasteiger partial charge on any atom is -0.491 e. The summed E-state index contributed by atoms with van der Waals surface area (Å²) in [6.45, 7) is 0.540. The molecule has 2 unspecified atom stereocenters. The van der Waals surface area contributed by atoms with E-state index in [-0.39, 0.29) is 18.0 Å². The van der Waals surface area contributed by atoms with Crippen molar-refractivity contribution in [1.82, 2.24) is 10.0 Å². The number of halogens is 1. The molecule has 2 aromatic rings. The van der Waals surface area contributed by atoms with E-state index in [1.165, 1.54) is 0 Å². The van der Waals surface area contributed by atoms with Gasteiger partial charge >= 0.3 is 0 Å². The van der Waals surface area contributed by atoms with Crippen molar-refractivity contribution in [2.24, 2.45) is 0 Å². The predicted molar refractivity (Wildman–Crippen MR) is 88.2 cm³/mol. The number of hydrogen-bond donors (Lipinski definition) is 0. The molecule has 2 aliphatic rings. The number of likely N-dealkylation sites (N-methyl/N-ethyl adjacent to an activating group) is 1. The standard InChI is InChI=1S/C18H17ClN2O2/c1-20-18-14-4-2-3-5-16(14)23-11-15(18)21(20)17(22)10-12-6-8-13(19)9-7-12/h2-9,15,18H,10-11H2,1H3. The molecule has 23 heavy (non-hydrogen) atoms. The molecule has 0 saturated carbocycles. The summed E-state index contributed by atoms with van der Waals surface area (Å²) in [5.74, 6) is 1.00. The maximum absolute atomic E-state index is 12.7. The molecule has 0 radical (unpaired) electrons. The van der Waals surface area contributed by atoms with Crippen LogP contribution in [-0.2, 0) is 11.2 Å². The first-order valence-electron chi connectivity index (χ1n) is 7.66. The van der Waals surface area contributed by atoms with E-state index in [0.29, 0.717) is 18.1 Å². The second-order valence-electron chi connectivity index (χ2n) is 5.98. The Bertz CT molecular complexity index is 747. The molecule has 1 fully saturated rings. The Kier molecular flexibility index (Phi) is 3.51. The van der Waals surface area contributed by atoms with Gasteiger partial charge in [0, 0.05) is 17.6 Å². The highest BCUT2D eigenvalue weighted by Crippen LogP contribution is 2.45. The molecule has 2 atom stereocenters. The summed E-state index contributed by atoms with van der Waals surface area (Å²) < 4.78 is 5.81. The van der Waals surface area contributed by atoms with Crippen LogP contribution >= 0.6 is 11.6 Å². The average molecular weight is 329 g/mol. The molecular formula is C18H17ClN2O2. The van der Waals surface area contributed by atoms with Gasteiger partial charge in [-0.3, -0.25) is 9.80 Å². The molecule has 2 aliphatic heterocycles. The lowest BCUT2D eigenvalue weighted by Gasteiger charge is -2.57. The monoisotopic (exact) mass is 328 g/mol. The first-order valence-corrected chi connectivity index (χ1v) is 8.04. The lowest BCUT2D eigenvalue weighted by Crippen LogP contribution is -2.69. The topological polar surface area (TPSA) is 32.8 Å². The van der Waals surface area contributed by atoms with E-state index in [1.54, 1.807) is 0 Å². The van der Waals surface area contributed by atoms with Crippen molar-refractivity contribution in [3.05, 3.63) is 64.7 Å². The van der Waals surface area contributed by atoms with Crippen LogP contribution in [0.15, 0.2) is 48.5 Å². The van der Waals surface area contributed by atoms with Gasteiger partial charge in [0.05, 0.1) is 12.5 Å². The summed E-state index contributed by atoms with van der Waals surface area (Å²) in [5, 5.41) is 4.51. The predicted octanol–water partition coefficient (Wildman–Crippen LogP) is 3.07. The zero-order valence-corrected chi connectivity index (χ0v) is 13.5. The third kappa shape index (κ3) is 2.38. The number of ether oxygens (including phenoxy) is 1. The van der Waals surface area contributed by atoms with Gasteiger partial charge in [0.1, 0.15) is 18.4 Å². The van der Waals surface area contributed by atoms with Crippen LogP contribution in [0.5, 0.6) is 5.75 Å². The number of amides is 1. The van der Waals surface area contributed by atoms with E-state index in [1.807, 2.05) is 59.5 Å². The lowest BCUT2D eigenvalue weighted by molar-refractivity contribution is -0.216.